The minimum atomic E-state index is -0.646. The third-order valence-electron chi connectivity index (χ3n) is 5.20. The van der Waals surface area contributed by atoms with E-state index in [4.69, 9.17) is 21.3 Å². The zero-order valence-electron chi connectivity index (χ0n) is 17.1. The Labute approximate surface area is 188 Å². The molecule has 1 aromatic heterocycles. The van der Waals surface area contributed by atoms with Gasteiger partial charge in [0, 0.05) is 47.9 Å². The summed E-state index contributed by atoms with van der Waals surface area (Å²) in [7, 11) is 1.96. The number of rotatable bonds is 5. The van der Waals surface area contributed by atoms with Crippen molar-refractivity contribution in [2.45, 2.75) is 13.0 Å². The first-order valence-corrected chi connectivity index (χ1v) is 10.2. The highest BCUT2D eigenvalue weighted by Crippen LogP contribution is 2.29. The van der Waals surface area contributed by atoms with Crippen LogP contribution in [0.25, 0.3) is 10.9 Å². The minimum Gasteiger partial charge on any atom is -0.452 e. The summed E-state index contributed by atoms with van der Waals surface area (Å²) in [4.78, 5) is 42.5. The Kier molecular flexibility index (Phi) is 6.02. The van der Waals surface area contributed by atoms with Gasteiger partial charge in [-0.05, 0) is 25.2 Å². The lowest BCUT2D eigenvalue weighted by Gasteiger charge is -2.26. The number of nitro benzene ring substituents is 1. The number of nitro groups is 1. The van der Waals surface area contributed by atoms with Gasteiger partial charge in [-0.1, -0.05) is 29.8 Å². The molecule has 0 radical (unpaired) electrons. The second kappa shape index (κ2) is 8.89. The number of hydrogen-bond acceptors (Lipinski definition) is 7. The Morgan fingerprint density at radius 1 is 1.28 bits per heavy atom. The molecule has 0 unspecified atom stereocenters. The molecular weight excluding hydrogens is 436 g/mol. The van der Waals surface area contributed by atoms with Gasteiger partial charge >= 0.3 is 5.97 Å². The van der Waals surface area contributed by atoms with Gasteiger partial charge in [-0.15, -0.1) is 0 Å². The maximum absolute atomic E-state index is 13.0. The summed E-state index contributed by atoms with van der Waals surface area (Å²) in [5.74, 6) is -1.24. The van der Waals surface area contributed by atoms with E-state index in [9.17, 15) is 19.7 Å². The molecule has 0 aliphatic carbocycles. The monoisotopic (exact) mass is 454 g/mol. The molecule has 2 heterocycles. The Hall–Kier alpha value is -3.56. The lowest BCUT2D eigenvalue weighted by Crippen LogP contribution is -2.30. The van der Waals surface area contributed by atoms with Gasteiger partial charge < -0.3 is 15.0 Å². The molecule has 0 atom stereocenters. The number of carbonyl (C=O) groups excluding carboxylic acids is 2. The normalized spacial score (nSPS) is 13.4. The zero-order valence-corrected chi connectivity index (χ0v) is 17.9. The molecule has 164 valence electrons. The van der Waals surface area contributed by atoms with Gasteiger partial charge in [-0.3, -0.25) is 19.9 Å². The van der Waals surface area contributed by atoms with Crippen molar-refractivity contribution in [2.24, 2.45) is 0 Å². The van der Waals surface area contributed by atoms with Crippen molar-refractivity contribution in [1.29, 1.82) is 0 Å². The molecule has 1 aliphatic heterocycles. The fourth-order valence-corrected chi connectivity index (χ4v) is 3.88. The van der Waals surface area contributed by atoms with Crippen molar-refractivity contribution >= 4 is 45.8 Å². The van der Waals surface area contributed by atoms with Crippen LogP contribution in [0.15, 0.2) is 42.5 Å². The summed E-state index contributed by atoms with van der Waals surface area (Å²) in [6.45, 7) is 0.844. The van der Waals surface area contributed by atoms with Gasteiger partial charge in [-0.2, -0.15) is 0 Å². The molecule has 4 rings (SSSR count). The molecule has 10 heteroatoms. The van der Waals surface area contributed by atoms with Gasteiger partial charge in [-0.25, -0.2) is 4.79 Å². The van der Waals surface area contributed by atoms with E-state index in [1.54, 1.807) is 6.07 Å². The standard InChI is InChI=1S/C22H19ClN4O5/c1-26-9-8-18-15(11-26)21(14-4-2-3-5-17(14)25-18)22(29)32-12-20(28)24-13-6-7-16(23)19(10-13)27(30)31/h2-7,10H,8-9,11-12H2,1H3,(H,24,28). The van der Waals surface area contributed by atoms with Crippen LogP contribution in [0.3, 0.4) is 0 Å². The first-order chi connectivity index (χ1) is 15.3. The van der Waals surface area contributed by atoms with Crippen LogP contribution >= 0.6 is 11.6 Å². The first kappa shape index (κ1) is 21.7. The number of likely N-dealkylation sites (N-methyl/N-ethyl adjacent to an activating group) is 1. The highest BCUT2D eigenvalue weighted by Gasteiger charge is 2.26. The second-order valence-corrected chi connectivity index (χ2v) is 7.87. The number of esters is 1. The first-order valence-electron chi connectivity index (χ1n) is 9.83. The molecule has 2 aromatic carbocycles. The van der Waals surface area contributed by atoms with Crippen molar-refractivity contribution < 1.29 is 19.2 Å². The quantitative estimate of drug-likeness (QED) is 0.356. The van der Waals surface area contributed by atoms with Gasteiger partial charge in [0.25, 0.3) is 11.6 Å². The number of nitrogens with one attached hydrogen (secondary N) is 1. The minimum absolute atomic E-state index is 0.0428. The molecule has 1 amide bonds. The number of anilines is 1. The molecule has 3 aromatic rings. The van der Waals surface area contributed by atoms with E-state index in [1.807, 2.05) is 25.2 Å². The topological polar surface area (TPSA) is 115 Å². The molecule has 1 aliphatic rings. The third-order valence-corrected chi connectivity index (χ3v) is 5.52. The van der Waals surface area contributed by atoms with Gasteiger partial charge in [0.2, 0.25) is 0 Å². The second-order valence-electron chi connectivity index (χ2n) is 7.46. The molecule has 1 N–H and O–H groups in total. The largest absolute Gasteiger partial charge is 0.452 e. The molecule has 32 heavy (non-hydrogen) atoms. The lowest BCUT2D eigenvalue weighted by atomic mass is 9.96. The fraction of sp³-hybridized carbons (Fsp3) is 0.227. The lowest BCUT2D eigenvalue weighted by molar-refractivity contribution is -0.384. The number of aromatic nitrogens is 1. The Balaban J connectivity index is 1.53. The Bertz CT molecular complexity index is 1250. The highest BCUT2D eigenvalue weighted by molar-refractivity contribution is 6.32. The summed E-state index contributed by atoms with van der Waals surface area (Å²) in [5.41, 5.74) is 2.60. The number of amides is 1. The van der Waals surface area contributed by atoms with Gasteiger partial charge in [0.05, 0.1) is 16.0 Å². The van der Waals surface area contributed by atoms with E-state index in [0.717, 1.165) is 23.9 Å². The third kappa shape index (κ3) is 4.39. The summed E-state index contributed by atoms with van der Waals surface area (Å²) in [5, 5.41) is 14.1. The number of ether oxygens (including phenoxy) is 1. The van der Waals surface area contributed by atoms with Crippen molar-refractivity contribution in [3.05, 3.63) is 74.4 Å². The number of benzene rings is 2. The van der Waals surface area contributed by atoms with Crippen molar-refractivity contribution in [1.82, 2.24) is 9.88 Å². The van der Waals surface area contributed by atoms with Crippen molar-refractivity contribution in [3.8, 4) is 0 Å². The Morgan fingerprint density at radius 2 is 2.06 bits per heavy atom. The highest BCUT2D eigenvalue weighted by atomic mass is 35.5. The van der Waals surface area contributed by atoms with Crippen LogP contribution in [-0.4, -0.2) is 46.9 Å². The van der Waals surface area contributed by atoms with Crippen LogP contribution in [0.5, 0.6) is 0 Å². The molecule has 0 saturated heterocycles. The number of carbonyl (C=O) groups is 2. The van der Waals surface area contributed by atoms with Crippen LogP contribution in [-0.2, 0) is 22.5 Å². The molecule has 9 nitrogen and oxygen atoms in total. The van der Waals surface area contributed by atoms with Gasteiger partial charge in [0.15, 0.2) is 6.61 Å². The Morgan fingerprint density at radius 3 is 2.84 bits per heavy atom. The average Bonchev–Trinajstić information content (AvgIpc) is 2.77. The predicted octanol–water partition coefficient (Wildman–Crippen LogP) is 3.58. The van der Waals surface area contributed by atoms with E-state index < -0.39 is 23.4 Å². The fourth-order valence-electron chi connectivity index (χ4n) is 3.69. The number of fused-ring (bicyclic) bond motifs is 2. The molecule has 0 bridgehead atoms. The summed E-state index contributed by atoms with van der Waals surface area (Å²) < 4.78 is 5.32. The zero-order chi connectivity index (χ0) is 22.8. The summed E-state index contributed by atoms with van der Waals surface area (Å²) in [6.07, 6.45) is 0.715. The summed E-state index contributed by atoms with van der Waals surface area (Å²) in [6, 6.07) is 11.2. The predicted molar refractivity (Wildman–Crippen MR) is 119 cm³/mol. The number of para-hydroxylation sites is 1. The maximum atomic E-state index is 13.0. The SMILES string of the molecule is CN1CCc2nc3ccccc3c(C(=O)OCC(=O)Nc3ccc(Cl)c([N+](=O)[O-])c3)c2C1. The van der Waals surface area contributed by atoms with E-state index in [2.05, 4.69) is 10.2 Å². The van der Waals surface area contributed by atoms with E-state index in [1.165, 1.54) is 12.1 Å². The van der Waals surface area contributed by atoms with Crippen molar-refractivity contribution in [3.63, 3.8) is 0 Å². The maximum Gasteiger partial charge on any atom is 0.339 e. The number of hydrogen-bond donors (Lipinski definition) is 1. The number of halogens is 1. The molecular formula is C22H19ClN4O5. The molecule has 0 spiro atoms. The van der Waals surface area contributed by atoms with E-state index >= 15 is 0 Å². The van der Waals surface area contributed by atoms with Gasteiger partial charge in [0.1, 0.15) is 5.02 Å². The number of pyridine rings is 1. The smallest absolute Gasteiger partial charge is 0.339 e. The number of nitrogens with zero attached hydrogens (tertiary/aromatic N) is 3. The van der Waals surface area contributed by atoms with Crippen LogP contribution in [0.4, 0.5) is 11.4 Å². The van der Waals surface area contributed by atoms with Crippen molar-refractivity contribution in [2.75, 3.05) is 25.5 Å². The van der Waals surface area contributed by atoms with E-state index in [-0.39, 0.29) is 16.4 Å². The molecule has 0 fully saturated rings. The average molecular weight is 455 g/mol. The van der Waals surface area contributed by atoms with Crippen LogP contribution in [0.1, 0.15) is 21.6 Å². The molecule has 0 saturated carbocycles. The van der Waals surface area contributed by atoms with Crippen LogP contribution < -0.4 is 5.32 Å². The van der Waals surface area contributed by atoms with Crippen LogP contribution in [0.2, 0.25) is 5.02 Å². The van der Waals surface area contributed by atoms with Crippen LogP contribution in [0, 0.1) is 10.1 Å². The summed E-state index contributed by atoms with van der Waals surface area (Å²) >= 11 is 5.78. The van der Waals surface area contributed by atoms with E-state index in [0.29, 0.717) is 29.4 Å².